The fraction of sp³-hybridized carbons (Fsp3) is 0.636. The Morgan fingerprint density at radius 1 is 1.67 bits per heavy atom. The number of nitrogens with one attached hydrogen (secondary N) is 1. The summed E-state index contributed by atoms with van der Waals surface area (Å²) in [5.74, 6) is 5.63. The molecule has 1 heterocycles. The average molecular weight is 226 g/mol. The Balaban J connectivity index is 2.03. The minimum atomic E-state index is -0.0311. The zero-order chi connectivity index (χ0) is 10.7. The monoisotopic (exact) mass is 226 g/mol. The highest BCUT2D eigenvalue weighted by Gasteiger charge is 2.43. The lowest BCUT2D eigenvalue weighted by Gasteiger charge is -2.46. The standard InChI is InChI=1S/C11H18N2OS/c1-14-11(4-2-5-11)10(13-12)7-9-3-6-15-8-9/h3,6,8,10,13H,2,4-5,7,12H2,1H3. The lowest BCUT2D eigenvalue weighted by molar-refractivity contribution is -0.0981. The van der Waals surface area contributed by atoms with Crippen LogP contribution in [-0.2, 0) is 11.2 Å². The van der Waals surface area contributed by atoms with Gasteiger partial charge in [-0.3, -0.25) is 11.3 Å². The summed E-state index contributed by atoms with van der Waals surface area (Å²) >= 11 is 1.73. The highest BCUT2D eigenvalue weighted by molar-refractivity contribution is 7.07. The third-order valence-electron chi connectivity index (χ3n) is 3.46. The molecule has 4 heteroatoms. The molecule has 1 atom stereocenters. The number of hydrogen-bond donors (Lipinski definition) is 2. The van der Waals surface area contributed by atoms with Gasteiger partial charge in [0.05, 0.1) is 11.6 Å². The van der Waals surface area contributed by atoms with Crippen molar-refractivity contribution in [1.29, 1.82) is 0 Å². The molecule has 0 bridgehead atoms. The molecule has 1 aromatic rings. The fourth-order valence-electron chi connectivity index (χ4n) is 2.26. The molecule has 1 aromatic heterocycles. The van der Waals surface area contributed by atoms with Crippen molar-refractivity contribution in [2.45, 2.75) is 37.3 Å². The van der Waals surface area contributed by atoms with E-state index in [2.05, 4.69) is 22.3 Å². The van der Waals surface area contributed by atoms with Crippen molar-refractivity contribution in [3.05, 3.63) is 22.4 Å². The van der Waals surface area contributed by atoms with Gasteiger partial charge in [0, 0.05) is 7.11 Å². The van der Waals surface area contributed by atoms with Crippen LogP contribution in [-0.4, -0.2) is 18.8 Å². The second-order valence-corrected chi connectivity index (χ2v) is 4.96. The van der Waals surface area contributed by atoms with Crippen LogP contribution in [0.25, 0.3) is 0 Å². The van der Waals surface area contributed by atoms with Crippen LogP contribution >= 0.6 is 11.3 Å². The van der Waals surface area contributed by atoms with Gasteiger partial charge in [0.15, 0.2) is 0 Å². The van der Waals surface area contributed by atoms with Crippen LogP contribution in [0.1, 0.15) is 24.8 Å². The van der Waals surface area contributed by atoms with E-state index in [4.69, 9.17) is 10.6 Å². The number of ether oxygens (including phenoxy) is 1. The van der Waals surface area contributed by atoms with E-state index in [9.17, 15) is 0 Å². The van der Waals surface area contributed by atoms with Crippen LogP contribution < -0.4 is 11.3 Å². The minimum absolute atomic E-state index is 0.0311. The number of nitrogens with two attached hydrogens (primary N) is 1. The quantitative estimate of drug-likeness (QED) is 0.593. The van der Waals surface area contributed by atoms with Gasteiger partial charge in [0.25, 0.3) is 0 Å². The summed E-state index contributed by atoms with van der Waals surface area (Å²) < 4.78 is 5.64. The lowest BCUT2D eigenvalue weighted by atomic mass is 9.73. The summed E-state index contributed by atoms with van der Waals surface area (Å²) in [6.45, 7) is 0. The van der Waals surface area contributed by atoms with Gasteiger partial charge in [0.2, 0.25) is 0 Å². The molecule has 84 valence electrons. The van der Waals surface area contributed by atoms with E-state index >= 15 is 0 Å². The van der Waals surface area contributed by atoms with Crippen molar-refractivity contribution < 1.29 is 4.74 Å². The molecule has 15 heavy (non-hydrogen) atoms. The Hall–Kier alpha value is -0.420. The van der Waals surface area contributed by atoms with Crippen molar-refractivity contribution in [3.8, 4) is 0 Å². The molecule has 1 fully saturated rings. The third kappa shape index (κ3) is 2.08. The summed E-state index contributed by atoms with van der Waals surface area (Å²) in [5.41, 5.74) is 4.22. The van der Waals surface area contributed by atoms with E-state index in [1.165, 1.54) is 12.0 Å². The van der Waals surface area contributed by atoms with Crippen molar-refractivity contribution in [3.63, 3.8) is 0 Å². The minimum Gasteiger partial charge on any atom is -0.377 e. The zero-order valence-corrected chi connectivity index (χ0v) is 9.85. The summed E-state index contributed by atoms with van der Waals surface area (Å²) in [4.78, 5) is 0. The first-order valence-corrected chi connectivity index (χ1v) is 6.27. The molecule has 0 aliphatic heterocycles. The Morgan fingerprint density at radius 3 is 2.87 bits per heavy atom. The zero-order valence-electron chi connectivity index (χ0n) is 9.03. The third-order valence-corrected chi connectivity index (χ3v) is 4.19. The maximum atomic E-state index is 5.64. The summed E-state index contributed by atoms with van der Waals surface area (Å²) in [6, 6.07) is 2.38. The largest absolute Gasteiger partial charge is 0.377 e. The molecular formula is C11H18N2OS. The number of hydrogen-bond acceptors (Lipinski definition) is 4. The molecule has 1 aliphatic rings. The van der Waals surface area contributed by atoms with Gasteiger partial charge in [-0.25, -0.2) is 0 Å². The first-order chi connectivity index (χ1) is 7.30. The van der Waals surface area contributed by atoms with Crippen molar-refractivity contribution >= 4 is 11.3 Å². The second kappa shape index (κ2) is 4.61. The molecule has 0 radical (unpaired) electrons. The maximum absolute atomic E-state index is 5.64. The highest BCUT2D eigenvalue weighted by atomic mass is 32.1. The van der Waals surface area contributed by atoms with Gasteiger partial charge in [-0.2, -0.15) is 11.3 Å². The van der Waals surface area contributed by atoms with E-state index < -0.39 is 0 Å². The van der Waals surface area contributed by atoms with Crippen LogP contribution in [0, 0.1) is 0 Å². The normalized spacial score (nSPS) is 20.9. The molecule has 0 saturated heterocycles. The lowest BCUT2D eigenvalue weighted by Crippen LogP contribution is -2.59. The molecule has 0 amide bonds. The predicted molar refractivity (Wildman–Crippen MR) is 62.7 cm³/mol. The second-order valence-electron chi connectivity index (χ2n) is 4.18. The van der Waals surface area contributed by atoms with Gasteiger partial charge in [0.1, 0.15) is 0 Å². The van der Waals surface area contributed by atoms with E-state index in [1.54, 1.807) is 18.4 Å². The Bertz CT molecular complexity index is 290. The van der Waals surface area contributed by atoms with Gasteiger partial charge in [-0.05, 0) is 48.1 Å². The van der Waals surface area contributed by atoms with Crippen molar-refractivity contribution in [1.82, 2.24) is 5.43 Å². The Kier molecular flexibility index (Phi) is 3.41. The Morgan fingerprint density at radius 2 is 2.47 bits per heavy atom. The molecule has 0 aromatic carbocycles. The first kappa shape index (κ1) is 11.1. The average Bonchev–Trinajstić information content (AvgIpc) is 2.68. The summed E-state index contributed by atoms with van der Waals surface area (Å²) in [6.07, 6.45) is 4.43. The van der Waals surface area contributed by atoms with Gasteiger partial charge in [-0.15, -0.1) is 0 Å². The Labute approximate surface area is 94.6 Å². The van der Waals surface area contributed by atoms with Crippen LogP contribution in [0.2, 0.25) is 0 Å². The number of methoxy groups -OCH3 is 1. The predicted octanol–water partition coefficient (Wildman–Crippen LogP) is 1.69. The van der Waals surface area contributed by atoms with Gasteiger partial charge >= 0.3 is 0 Å². The number of thiophene rings is 1. The van der Waals surface area contributed by atoms with Crippen LogP contribution in [0.15, 0.2) is 16.8 Å². The van der Waals surface area contributed by atoms with Crippen molar-refractivity contribution in [2.24, 2.45) is 5.84 Å². The van der Waals surface area contributed by atoms with E-state index in [0.717, 1.165) is 19.3 Å². The van der Waals surface area contributed by atoms with E-state index in [0.29, 0.717) is 0 Å². The van der Waals surface area contributed by atoms with Crippen molar-refractivity contribution in [2.75, 3.05) is 7.11 Å². The SMILES string of the molecule is COC1(C(Cc2ccsc2)NN)CCC1. The molecule has 1 aliphatic carbocycles. The van der Waals surface area contributed by atoms with E-state index in [-0.39, 0.29) is 11.6 Å². The molecule has 1 saturated carbocycles. The molecule has 1 unspecified atom stereocenters. The topological polar surface area (TPSA) is 47.3 Å². The maximum Gasteiger partial charge on any atom is 0.0847 e. The smallest absolute Gasteiger partial charge is 0.0847 e. The van der Waals surface area contributed by atoms with Gasteiger partial charge < -0.3 is 4.74 Å². The van der Waals surface area contributed by atoms with Crippen LogP contribution in [0.4, 0.5) is 0 Å². The molecular weight excluding hydrogens is 208 g/mol. The summed E-state index contributed by atoms with van der Waals surface area (Å²) in [7, 11) is 1.79. The van der Waals surface area contributed by atoms with E-state index in [1.807, 2.05) is 0 Å². The molecule has 3 N–H and O–H groups in total. The number of hydrazine groups is 1. The molecule has 0 spiro atoms. The highest BCUT2D eigenvalue weighted by Crippen LogP contribution is 2.39. The first-order valence-electron chi connectivity index (χ1n) is 5.33. The number of rotatable bonds is 5. The molecule has 2 rings (SSSR count). The van der Waals surface area contributed by atoms with Crippen LogP contribution in [0.5, 0.6) is 0 Å². The summed E-state index contributed by atoms with van der Waals surface area (Å²) in [5, 5.41) is 4.27. The molecule has 3 nitrogen and oxygen atoms in total. The fourth-order valence-corrected chi connectivity index (χ4v) is 2.94. The van der Waals surface area contributed by atoms with Crippen LogP contribution in [0.3, 0.4) is 0 Å². The van der Waals surface area contributed by atoms with Gasteiger partial charge in [-0.1, -0.05) is 0 Å².